The molecule has 1 saturated heterocycles. The molecule has 7 heteroatoms. The van der Waals surface area contributed by atoms with Crippen molar-refractivity contribution >= 4 is 28.2 Å². The van der Waals surface area contributed by atoms with Crippen LogP contribution in [0.4, 0.5) is 5.69 Å². The predicted octanol–water partition coefficient (Wildman–Crippen LogP) is 2.77. The van der Waals surface area contributed by atoms with Crippen molar-refractivity contribution in [3.63, 3.8) is 0 Å². The number of anilines is 1. The number of halogens is 1. The van der Waals surface area contributed by atoms with Crippen LogP contribution in [0.5, 0.6) is 0 Å². The second-order valence-corrected chi connectivity index (χ2v) is 6.98. The van der Waals surface area contributed by atoms with Gasteiger partial charge in [-0.15, -0.1) is 0 Å². The number of fused-ring (bicyclic) bond motifs is 1. The third-order valence-corrected chi connectivity index (χ3v) is 5.16. The number of piperazine rings is 1. The highest BCUT2D eigenvalue weighted by molar-refractivity contribution is 6.32. The molecule has 4 rings (SSSR count). The van der Waals surface area contributed by atoms with E-state index in [1.165, 1.54) is 0 Å². The van der Waals surface area contributed by atoms with Gasteiger partial charge in [0.2, 0.25) is 0 Å². The first kappa shape index (κ1) is 17.5. The van der Waals surface area contributed by atoms with Gasteiger partial charge in [-0.3, -0.25) is 9.69 Å². The molecule has 6 nitrogen and oxygen atoms in total. The first-order valence-electron chi connectivity index (χ1n) is 8.79. The lowest BCUT2D eigenvalue weighted by atomic mass is 10.2. The molecule has 0 spiro atoms. The van der Waals surface area contributed by atoms with Gasteiger partial charge in [-0.1, -0.05) is 23.7 Å². The van der Waals surface area contributed by atoms with Gasteiger partial charge in [0, 0.05) is 31.9 Å². The smallest absolute Gasteiger partial charge is 0.258 e. The molecule has 0 aliphatic carbocycles. The van der Waals surface area contributed by atoms with E-state index in [4.69, 9.17) is 16.9 Å². The molecule has 1 aromatic heterocycles. The number of nitrogens with zero attached hydrogens (tertiary/aromatic N) is 4. The summed E-state index contributed by atoms with van der Waals surface area (Å²) in [6.07, 6.45) is 0. The summed E-state index contributed by atoms with van der Waals surface area (Å²) in [5.74, 6) is 0.688. The van der Waals surface area contributed by atoms with Gasteiger partial charge in [-0.2, -0.15) is 5.26 Å². The van der Waals surface area contributed by atoms with Crippen molar-refractivity contribution in [2.45, 2.75) is 6.54 Å². The molecule has 1 fully saturated rings. The van der Waals surface area contributed by atoms with Crippen LogP contribution >= 0.6 is 11.6 Å². The van der Waals surface area contributed by atoms with E-state index in [0.717, 1.165) is 37.4 Å². The molecule has 27 heavy (non-hydrogen) atoms. The molecule has 0 atom stereocenters. The number of aromatic amines is 1. The van der Waals surface area contributed by atoms with E-state index >= 15 is 0 Å². The summed E-state index contributed by atoms with van der Waals surface area (Å²) in [7, 11) is 0. The van der Waals surface area contributed by atoms with Crippen LogP contribution in [0, 0.1) is 11.3 Å². The monoisotopic (exact) mass is 379 g/mol. The molecule has 0 bridgehead atoms. The largest absolute Gasteiger partial charge is 0.369 e. The summed E-state index contributed by atoms with van der Waals surface area (Å²) in [6.45, 7) is 4.02. The average molecular weight is 380 g/mol. The van der Waals surface area contributed by atoms with Crippen LogP contribution in [0.1, 0.15) is 11.4 Å². The first-order valence-corrected chi connectivity index (χ1v) is 9.17. The van der Waals surface area contributed by atoms with Crippen molar-refractivity contribution in [1.82, 2.24) is 14.9 Å². The van der Waals surface area contributed by atoms with Crippen LogP contribution in [0.2, 0.25) is 5.02 Å². The number of benzene rings is 2. The highest BCUT2D eigenvalue weighted by Gasteiger charge is 2.19. The molecule has 2 heterocycles. The van der Waals surface area contributed by atoms with E-state index in [0.29, 0.717) is 28.3 Å². The van der Waals surface area contributed by atoms with E-state index in [1.54, 1.807) is 12.1 Å². The van der Waals surface area contributed by atoms with Crippen LogP contribution < -0.4 is 10.5 Å². The van der Waals surface area contributed by atoms with Gasteiger partial charge in [-0.25, -0.2) is 4.98 Å². The molecule has 3 aromatic rings. The molecule has 0 saturated carbocycles. The SMILES string of the molecule is N#Cc1ccc(N2CCN(Cc3nc4ccccc4c(=O)[nH]3)CC2)cc1Cl. The van der Waals surface area contributed by atoms with Crippen molar-refractivity contribution in [3.05, 3.63) is 69.2 Å². The summed E-state index contributed by atoms with van der Waals surface area (Å²) in [5, 5.41) is 10.1. The number of nitriles is 1. The van der Waals surface area contributed by atoms with Crippen molar-refractivity contribution < 1.29 is 0 Å². The maximum Gasteiger partial charge on any atom is 0.258 e. The van der Waals surface area contributed by atoms with Gasteiger partial charge in [0.05, 0.1) is 28.0 Å². The first-order chi connectivity index (χ1) is 13.1. The Balaban J connectivity index is 1.43. The topological polar surface area (TPSA) is 76.0 Å². The number of hydrogen-bond donors (Lipinski definition) is 1. The number of nitrogens with one attached hydrogen (secondary N) is 1. The second kappa shape index (κ2) is 7.39. The second-order valence-electron chi connectivity index (χ2n) is 6.57. The molecule has 0 unspecified atom stereocenters. The van der Waals surface area contributed by atoms with Gasteiger partial charge in [0.25, 0.3) is 5.56 Å². The zero-order valence-corrected chi connectivity index (χ0v) is 15.4. The van der Waals surface area contributed by atoms with Crippen molar-refractivity contribution in [1.29, 1.82) is 5.26 Å². The Morgan fingerprint density at radius 2 is 1.93 bits per heavy atom. The van der Waals surface area contributed by atoms with E-state index in [9.17, 15) is 4.79 Å². The number of hydrogen-bond acceptors (Lipinski definition) is 5. The minimum Gasteiger partial charge on any atom is -0.369 e. The predicted molar refractivity (Wildman–Crippen MR) is 106 cm³/mol. The zero-order chi connectivity index (χ0) is 18.8. The van der Waals surface area contributed by atoms with Crippen LogP contribution in [0.25, 0.3) is 10.9 Å². The number of para-hydroxylation sites is 1. The van der Waals surface area contributed by atoms with E-state index in [-0.39, 0.29) is 5.56 Å². The van der Waals surface area contributed by atoms with Crippen LogP contribution in [0.3, 0.4) is 0 Å². The minimum absolute atomic E-state index is 0.0959. The molecule has 2 aromatic carbocycles. The fraction of sp³-hybridized carbons (Fsp3) is 0.250. The molecular weight excluding hydrogens is 362 g/mol. The molecule has 1 aliphatic rings. The summed E-state index contributed by atoms with van der Waals surface area (Å²) in [4.78, 5) is 24.2. The highest BCUT2D eigenvalue weighted by Crippen LogP contribution is 2.24. The summed E-state index contributed by atoms with van der Waals surface area (Å²) in [5.41, 5.74) is 2.14. The third-order valence-electron chi connectivity index (χ3n) is 4.85. The summed E-state index contributed by atoms with van der Waals surface area (Å²) in [6, 6.07) is 15.0. The van der Waals surface area contributed by atoms with E-state index in [1.807, 2.05) is 30.3 Å². The highest BCUT2D eigenvalue weighted by atomic mass is 35.5. The molecular formula is C20H18ClN5O. The lowest BCUT2D eigenvalue weighted by Crippen LogP contribution is -2.46. The van der Waals surface area contributed by atoms with Crippen LogP contribution in [-0.4, -0.2) is 41.0 Å². The van der Waals surface area contributed by atoms with Crippen LogP contribution in [-0.2, 0) is 6.54 Å². The number of aromatic nitrogens is 2. The molecule has 1 aliphatic heterocycles. The maximum absolute atomic E-state index is 12.2. The van der Waals surface area contributed by atoms with Gasteiger partial charge in [0.15, 0.2) is 0 Å². The lowest BCUT2D eigenvalue weighted by Gasteiger charge is -2.36. The van der Waals surface area contributed by atoms with E-state index < -0.39 is 0 Å². The molecule has 136 valence electrons. The Morgan fingerprint density at radius 1 is 1.15 bits per heavy atom. The maximum atomic E-state index is 12.2. The Kier molecular flexibility index (Phi) is 4.80. The van der Waals surface area contributed by atoms with Gasteiger partial charge >= 0.3 is 0 Å². The standard InChI is InChI=1S/C20H18ClN5O/c21-17-11-15(6-5-14(17)12-22)26-9-7-25(8-10-26)13-19-23-18-4-2-1-3-16(18)20(27)24-19/h1-6,11H,7-10,13H2,(H,23,24,27). The van der Waals surface area contributed by atoms with Gasteiger partial charge < -0.3 is 9.88 Å². The third kappa shape index (κ3) is 3.65. The Hall–Kier alpha value is -2.88. The van der Waals surface area contributed by atoms with Gasteiger partial charge in [0.1, 0.15) is 11.9 Å². The minimum atomic E-state index is -0.0959. The van der Waals surface area contributed by atoms with Crippen molar-refractivity contribution in [2.75, 3.05) is 31.1 Å². The molecule has 0 radical (unpaired) electrons. The van der Waals surface area contributed by atoms with Crippen molar-refractivity contribution in [3.8, 4) is 6.07 Å². The Labute approximate surface area is 161 Å². The quantitative estimate of drug-likeness (QED) is 0.757. The Bertz CT molecular complexity index is 1080. The average Bonchev–Trinajstić information content (AvgIpc) is 2.68. The molecule has 1 N–H and O–H groups in total. The lowest BCUT2D eigenvalue weighted by molar-refractivity contribution is 0.244. The van der Waals surface area contributed by atoms with Gasteiger partial charge in [-0.05, 0) is 30.3 Å². The van der Waals surface area contributed by atoms with E-state index in [2.05, 4.69) is 25.8 Å². The number of rotatable bonds is 3. The normalized spacial score (nSPS) is 15.0. The van der Waals surface area contributed by atoms with Crippen molar-refractivity contribution in [2.24, 2.45) is 0 Å². The number of H-pyrrole nitrogens is 1. The fourth-order valence-electron chi connectivity index (χ4n) is 3.38. The fourth-order valence-corrected chi connectivity index (χ4v) is 3.59. The summed E-state index contributed by atoms with van der Waals surface area (Å²) < 4.78 is 0. The summed E-state index contributed by atoms with van der Waals surface area (Å²) >= 11 is 6.15. The Morgan fingerprint density at radius 3 is 2.67 bits per heavy atom. The molecule has 0 amide bonds. The zero-order valence-electron chi connectivity index (χ0n) is 14.7. The van der Waals surface area contributed by atoms with Crippen LogP contribution in [0.15, 0.2) is 47.3 Å².